The van der Waals surface area contributed by atoms with Gasteiger partial charge < -0.3 is 9.64 Å². The van der Waals surface area contributed by atoms with Gasteiger partial charge >= 0.3 is 0 Å². The zero-order valence-electron chi connectivity index (χ0n) is 15.0. The minimum Gasteiger partial charge on any atom is -0.368 e. The van der Waals surface area contributed by atoms with Crippen LogP contribution in [-0.4, -0.2) is 30.1 Å². The molecule has 2 aliphatic heterocycles. The van der Waals surface area contributed by atoms with E-state index in [2.05, 4.69) is 19.1 Å². The van der Waals surface area contributed by atoms with Crippen LogP contribution in [0.1, 0.15) is 42.5 Å². The van der Waals surface area contributed by atoms with E-state index in [4.69, 9.17) is 4.74 Å². The summed E-state index contributed by atoms with van der Waals surface area (Å²) in [5.41, 5.74) is 3.32. The smallest absolute Gasteiger partial charge is 0.252 e. The van der Waals surface area contributed by atoms with Crippen LogP contribution < -0.4 is 0 Å². The highest BCUT2D eigenvalue weighted by molar-refractivity contribution is 5.82. The first-order valence-electron chi connectivity index (χ1n) is 9.39. The molecule has 1 saturated heterocycles. The average molecular weight is 353 g/mol. The van der Waals surface area contributed by atoms with Crippen molar-refractivity contribution in [2.75, 3.05) is 13.2 Å². The van der Waals surface area contributed by atoms with Gasteiger partial charge in [-0.2, -0.15) is 0 Å². The summed E-state index contributed by atoms with van der Waals surface area (Å²) in [5, 5.41) is 0. The Kier molecular flexibility index (Phi) is 4.77. The molecule has 0 radical (unpaired) electrons. The first kappa shape index (κ1) is 17.2. The molecule has 3 nitrogen and oxygen atoms in total. The first-order valence-corrected chi connectivity index (χ1v) is 9.39. The van der Waals surface area contributed by atoms with Gasteiger partial charge in [-0.05, 0) is 54.0 Å². The first-order chi connectivity index (χ1) is 12.6. The Morgan fingerprint density at radius 2 is 1.88 bits per heavy atom. The molecule has 0 spiro atoms. The fraction of sp³-hybridized carbons (Fsp3) is 0.409. The maximum absolute atomic E-state index is 13.4. The third-order valence-electron chi connectivity index (χ3n) is 5.53. The van der Waals surface area contributed by atoms with Crippen LogP contribution in [0.4, 0.5) is 4.39 Å². The van der Waals surface area contributed by atoms with E-state index in [1.807, 2.05) is 17.0 Å². The van der Waals surface area contributed by atoms with Crippen LogP contribution in [0.25, 0.3) is 0 Å². The monoisotopic (exact) mass is 353 g/mol. The van der Waals surface area contributed by atoms with Gasteiger partial charge in [0.15, 0.2) is 0 Å². The van der Waals surface area contributed by atoms with Gasteiger partial charge in [0.2, 0.25) is 0 Å². The Balaban J connectivity index is 1.68. The van der Waals surface area contributed by atoms with E-state index in [1.54, 1.807) is 12.1 Å². The summed E-state index contributed by atoms with van der Waals surface area (Å²) in [4.78, 5) is 15.2. The lowest BCUT2D eigenvalue weighted by molar-refractivity contribution is -0.150. The van der Waals surface area contributed by atoms with Crippen molar-refractivity contribution in [2.24, 2.45) is 5.92 Å². The maximum Gasteiger partial charge on any atom is 0.252 e. The second-order valence-corrected chi connectivity index (χ2v) is 7.44. The fourth-order valence-corrected chi connectivity index (χ4v) is 4.07. The molecule has 0 unspecified atom stereocenters. The summed E-state index contributed by atoms with van der Waals surface area (Å²) >= 11 is 0. The van der Waals surface area contributed by atoms with Gasteiger partial charge in [0.25, 0.3) is 5.91 Å². The average Bonchev–Trinajstić information content (AvgIpc) is 2.68. The molecule has 4 heteroatoms. The molecule has 1 amide bonds. The maximum atomic E-state index is 13.4. The Bertz CT molecular complexity index is 781. The number of benzene rings is 2. The number of amides is 1. The minimum atomic E-state index is -0.362. The quantitative estimate of drug-likeness (QED) is 0.813. The van der Waals surface area contributed by atoms with Crippen molar-refractivity contribution < 1.29 is 13.9 Å². The van der Waals surface area contributed by atoms with E-state index < -0.39 is 0 Å². The van der Waals surface area contributed by atoms with E-state index in [0.29, 0.717) is 19.1 Å². The molecular formula is C22H24FNO2. The lowest BCUT2D eigenvalue weighted by atomic mass is 9.87. The van der Waals surface area contributed by atoms with Gasteiger partial charge in [0, 0.05) is 6.54 Å². The number of fused-ring (bicyclic) bond motifs is 1. The van der Waals surface area contributed by atoms with Gasteiger partial charge in [0.05, 0.1) is 12.6 Å². The molecule has 1 fully saturated rings. The number of rotatable bonds is 2. The number of hydrogen-bond acceptors (Lipinski definition) is 2. The highest BCUT2D eigenvalue weighted by Gasteiger charge is 2.36. The van der Waals surface area contributed by atoms with Crippen LogP contribution in [0.15, 0.2) is 48.5 Å². The third kappa shape index (κ3) is 3.26. The lowest BCUT2D eigenvalue weighted by Gasteiger charge is -2.40. The Hall–Kier alpha value is -2.20. The van der Waals surface area contributed by atoms with Crippen molar-refractivity contribution in [1.82, 2.24) is 4.90 Å². The summed E-state index contributed by atoms with van der Waals surface area (Å²) in [5.74, 6) is 0.301. The van der Waals surface area contributed by atoms with Gasteiger partial charge in [-0.25, -0.2) is 4.39 Å². The van der Waals surface area contributed by atoms with Gasteiger partial charge in [0.1, 0.15) is 11.9 Å². The molecular weight excluding hydrogens is 329 g/mol. The highest BCUT2D eigenvalue weighted by atomic mass is 19.1. The SMILES string of the molecule is C[C@@H]1CC[C@H](C(=O)N2CCc3ccccc3[C@@H]2c2ccc(F)cc2)OC1. The van der Waals surface area contributed by atoms with Crippen molar-refractivity contribution in [3.63, 3.8) is 0 Å². The van der Waals surface area contributed by atoms with E-state index in [9.17, 15) is 9.18 Å². The Morgan fingerprint density at radius 1 is 1.12 bits per heavy atom. The normalized spacial score (nSPS) is 25.6. The molecule has 26 heavy (non-hydrogen) atoms. The molecule has 2 aliphatic rings. The largest absolute Gasteiger partial charge is 0.368 e. The molecule has 2 heterocycles. The minimum absolute atomic E-state index is 0.0562. The Morgan fingerprint density at radius 3 is 2.62 bits per heavy atom. The van der Waals surface area contributed by atoms with Gasteiger partial charge in [-0.1, -0.05) is 43.3 Å². The third-order valence-corrected chi connectivity index (χ3v) is 5.53. The summed E-state index contributed by atoms with van der Waals surface area (Å²) in [6.45, 7) is 3.45. The van der Waals surface area contributed by atoms with Crippen molar-refractivity contribution in [1.29, 1.82) is 0 Å². The number of nitrogens with zero attached hydrogens (tertiary/aromatic N) is 1. The summed E-state index contributed by atoms with van der Waals surface area (Å²) in [6.07, 6.45) is 2.26. The van der Waals surface area contributed by atoms with E-state index in [1.165, 1.54) is 17.7 Å². The lowest BCUT2D eigenvalue weighted by Crippen LogP contribution is -2.47. The number of ether oxygens (including phenoxy) is 1. The van der Waals surface area contributed by atoms with Crippen LogP contribution in [0.5, 0.6) is 0 Å². The molecule has 0 aliphatic carbocycles. The van der Waals surface area contributed by atoms with Crippen LogP contribution in [0, 0.1) is 11.7 Å². The number of hydrogen-bond donors (Lipinski definition) is 0. The molecule has 2 aromatic carbocycles. The number of halogens is 1. The second kappa shape index (κ2) is 7.20. The molecule has 3 atom stereocenters. The van der Waals surface area contributed by atoms with Crippen LogP contribution in [0.2, 0.25) is 0 Å². The van der Waals surface area contributed by atoms with Crippen LogP contribution in [0.3, 0.4) is 0 Å². The predicted octanol–water partition coefficient (Wildman–Crippen LogP) is 4.11. The van der Waals surface area contributed by atoms with Gasteiger partial charge in [-0.15, -0.1) is 0 Å². The fourth-order valence-electron chi connectivity index (χ4n) is 4.07. The van der Waals surface area contributed by atoms with Crippen molar-refractivity contribution in [2.45, 2.75) is 38.3 Å². The number of carbonyl (C=O) groups is 1. The topological polar surface area (TPSA) is 29.5 Å². The second-order valence-electron chi connectivity index (χ2n) is 7.44. The summed E-state index contributed by atoms with van der Waals surface area (Å²) in [7, 11) is 0. The van der Waals surface area contributed by atoms with Crippen LogP contribution in [-0.2, 0) is 16.0 Å². The van der Waals surface area contributed by atoms with Crippen LogP contribution >= 0.6 is 0 Å². The summed E-state index contributed by atoms with van der Waals surface area (Å²) in [6, 6.07) is 14.5. The van der Waals surface area contributed by atoms with E-state index >= 15 is 0 Å². The molecule has 4 rings (SSSR count). The van der Waals surface area contributed by atoms with Crippen molar-refractivity contribution in [3.05, 3.63) is 71.0 Å². The van der Waals surface area contributed by atoms with E-state index in [-0.39, 0.29) is 23.9 Å². The molecule has 0 aromatic heterocycles. The van der Waals surface area contributed by atoms with Gasteiger partial charge in [-0.3, -0.25) is 4.79 Å². The van der Waals surface area contributed by atoms with Crippen molar-refractivity contribution >= 4 is 5.91 Å². The molecule has 136 valence electrons. The van der Waals surface area contributed by atoms with E-state index in [0.717, 1.165) is 30.4 Å². The molecule has 0 N–H and O–H groups in total. The standard InChI is InChI=1S/C22H24FNO2/c1-15-6-11-20(26-14-15)22(25)24-13-12-16-4-2-3-5-19(16)21(24)17-7-9-18(23)10-8-17/h2-5,7-10,15,20-21H,6,11-14H2,1H3/t15-,20-,21+/m1/s1. The molecule has 0 bridgehead atoms. The zero-order valence-corrected chi connectivity index (χ0v) is 15.0. The molecule has 2 aromatic rings. The summed E-state index contributed by atoms with van der Waals surface area (Å²) < 4.78 is 19.3. The van der Waals surface area contributed by atoms with Crippen molar-refractivity contribution in [3.8, 4) is 0 Å². The highest BCUT2D eigenvalue weighted by Crippen LogP contribution is 2.36. The predicted molar refractivity (Wildman–Crippen MR) is 98.2 cm³/mol. The number of carbonyl (C=O) groups excluding carboxylic acids is 1. The molecule has 0 saturated carbocycles. The Labute approximate surface area is 153 Å². The zero-order chi connectivity index (χ0) is 18.1.